The van der Waals surface area contributed by atoms with Crippen LogP contribution in [0.15, 0.2) is 27.6 Å². The number of hydrogen-bond donors (Lipinski definition) is 0. The van der Waals surface area contributed by atoms with Gasteiger partial charge in [0.1, 0.15) is 0 Å². The van der Waals surface area contributed by atoms with Gasteiger partial charge in [-0.05, 0) is 47.3 Å². The Morgan fingerprint density at radius 3 is 2.79 bits per heavy atom. The lowest BCUT2D eigenvalue weighted by Gasteiger charge is -2.05. The summed E-state index contributed by atoms with van der Waals surface area (Å²) in [6, 6.07) is 5.59. The van der Waals surface area contributed by atoms with Crippen LogP contribution < -0.4 is 0 Å². The van der Waals surface area contributed by atoms with E-state index in [1.165, 1.54) is 0 Å². The average molecular weight is 275 g/mol. The van der Waals surface area contributed by atoms with E-state index in [2.05, 4.69) is 15.9 Å². The molecule has 14 heavy (non-hydrogen) atoms. The second-order valence-corrected chi connectivity index (χ2v) is 4.30. The number of thioether (sulfide) groups is 1. The van der Waals surface area contributed by atoms with E-state index in [1.807, 2.05) is 18.4 Å². The maximum Gasteiger partial charge on any atom is 0.339 e. The molecule has 0 bridgehead atoms. The summed E-state index contributed by atoms with van der Waals surface area (Å²) < 4.78 is 5.69. The summed E-state index contributed by atoms with van der Waals surface area (Å²) in [7, 11) is 0. The van der Waals surface area contributed by atoms with E-state index in [4.69, 9.17) is 4.74 Å². The van der Waals surface area contributed by atoms with Crippen molar-refractivity contribution >= 4 is 33.7 Å². The van der Waals surface area contributed by atoms with E-state index < -0.39 is 0 Å². The number of rotatable bonds is 3. The quantitative estimate of drug-likeness (QED) is 0.625. The molecular weight excluding hydrogens is 264 g/mol. The molecule has 0 aliphatic rings. The number of carbonyl (C=O) groups excluding carboxylic acids is 1. The molecule has 0 saturated heterocycles. The first kappa shape index (κ1) is 11.6. The van der Waals surface area contributed by atoms with Gasteiger partial charge in [-0.2, -0.15) is 0 Å². The Hall–Kier alpha value is -0.480. The van der Waals surface area contributed by atoms with Crippen LogP contribution in [0.25, 0.3) is 0 Å². The minimum atomic E-state index is -0.285. The molecule has 0 saturated carbocycles. The first-order chi connectivity index (χ1) is 6.69. The molecule has 0 aliphatic heterocycles. The number of esters is 1. The van der Waals surface area contributed by atoms with Gasteiger partial charge in [-0.25, -0.2) is 4.79 Å². The Labute approximate surface area is 96.2 Å². The van der Waals surface area contributed by atoms with Crippen molar-refractivity contribution in [2.45, 2.75) is 11.8 Å². The van der Waals surface area contributed by atoms with E-state index in [1.54, 1.807) is 24.8 Å². The van der Waals surface area contributed by atoms with Crippen LogP contribution in [0.4, 0.5) is 0 Å². The van der Waals surface area contributed by atoms with Crippen LogP contribution in [-0.4, -0.2) is 18.8 Å². The summed E-state index contributed by atoms with van der Waals surface area (Å²) in [4.78, 5) is 12.5. The van der Waals surface area contributed by atoms with Crippen LogP contribution in [0.5, 0.6) is 0 Å². The molecule has 0 radical (unpaired) electrons. The Balaban J connectivity index is 2.94. The number of carbonyl (C=O) groups is 1. The van der Waals surface area contributed by atoms with Gasteiger partial charge in [0.15, 0.2) is 0 Å². The van der Waals surface area contributed by atoms with Crippen molar-refractivity contribution in [1.82, 2.24) is 0 Å². The molecule has 1 rings (SSSR count). The van der Waals surface area contributed by atoms with Crippen LogP contribution in [0, 0.1) is 0 Å². The van der Waals surface area contributed by atoms with Gasteiger partial charge in [0.2, 0.25) is 0 Å². The first-order valence-electron chi connectivity index (χ1n) is 4.19. The van der Waals surface area contributed by atoms with Gasteiger partial charge < -0.3 is 4.74 Å². The molecule has 2 nitrogen and oxygen atoms in total. The zero-order chi connectivity index (χ0) is 10.6. The highest BCUT2D eigenvalue weighted by Gasteiger charge is 2.10. The maximum atomic E-state index is 11.4. The van der Waals surface area contributed by atoms with Gasteiger partial charge in [0.05, 0.1) is 12.2 Å². The highest BCUT2D eigenvalue weighted by atomic mass is 79.9. The van der Waals surface area contributed by atoms with Crippen molar-refractivity contribution in [2.75, 3.05) is 12.9 Å². The third kappa shape index (κ3) is 2.75. The topological polar surface area (TPSA) is 26.3 Å². The molecule has 0 unspecified atom stereocenters. The molecule has 1 aromatic rings. The first-order valence-corrected chi connectivity index (χ1v) is 6.21. The molecule has 0 fully saturated rings. The Kier molecular flexibility index (Phi) is 4.48. The molecule has 0 aromatic heterocycles. The van der Waals surface area contributed by atoms with Gasteiger partial charge in [-0.3, -0.25) is 0 Å². The predicted molar refractivity (Wildman–Crippen MR) is 61.9 cm³/mol. The fourth-order valence-corrected chi connectivity index (χ4v) is 2.13. The molecule has 1 aromatic carbocycles. The summed E-state index contributed by atoms with van der Waals surface area (Å²) in [5.41, 5.74) is 0.574. The van der Waals surface area contributed by atoms with Gasteiger partial charge in [-0.1, -0.05) is 0 Å². The Morgan fingerprint density at radius 1 is 1.57 bits per heavy atom. The standard InChI is InChI=1S/C10H11BrO2S/c1-3-13-10(12)8-5-4-7(14-2)6-9(8)11/h4-6H,3H2,1-2H3. The van der Waals surface area contributed by atoms with E-state index in [0.717, 1.165) is 9.37 Å². The van der Waals surface area contributed by atoms with Crippen LogP contribution >= 0.6 is 27.7 Å². The molecule has 0 heterocycles. The second-order valence-electron chi connectivity index (χ2n) is 2.57. The normalized spacial score (nSPS) is 9.93. The summed E-state index contributed by atoms with van der Waals surface area (Å²) in [5.74, 6) is -0.285. The Morgan fingerprint density at radius 2 is 2.29 bits per heavy atom. The molecule has 0 atom stereocenters. The smallest absolute Gasteiger partial charge is 0.339 e. The molecule has 0 amide bonds. The zero-order valence-corrected chi connectivity index (χ0v) is 10.4. The van der Waals surface area contributed by atoms with Crippen molar-refractivity contribution in [3.63, 3.8) is 0 Å². The van der Waals surface area contributed by atoms with Crippen LogP contribution in [0.1, 0.15) is 17.3 Å². The van der Waals surface area contributed by atoms with Gasteiger partial charge >= 0.3 is 5.97 Å². The van der Waals surface area contributed by atoms with Crippen molar-refractivity contribution in [3.8, 4) is 0 Å². The second kappa shape index (κ2) is 5.41. The zero-order valence-electron chi connectivity index (χ0n) is 8.04. The third-order valence-electron chi connectivity index (χ3n) is 1.67. The SMILES string of the molecule is CCOC(=O)c1ccc(SC)cc1Br. The summed E-state index contributed by atoms with van der Waals surface area (Å²) in [6.45, 7) is 2.19. The van der Waals surface area contributed by atoms with Crippen molar-refractivity contribution in [1.29, 1.82) is 0 Å². The van der Waals surface area contributed by atoms with E-state index >= 15 is 0 Å². The van der Waals surface area contributed by atoms with E-state index in [-0.39, 0.29) is 5.97 Å². The third-order valence-corrected chi connectivity index (χ3v) is 3.05. The lowest BCUT2D eigenvalue weighted by molar-refractivity contribution is 0.0525. The number of hydrogen-bond acceptors (Lipinski definition) is 3. The maximum absolute atomic E-state index is 11.4. The average Bonchev–Trinajstić information content (AvgIpc) is 2.17. The minimum Gasteiger partial charge on any atom is -0.462 e. The number of ether oxygens (including phenoxy) is 1. The highest BCUT2D eigenvalue weighted by Crippen LogP contribution is 2.24. The largest absolute Gasteiger partial charge is 0.462 e. The monoisotopic (exact) mass is 274 g/mol. The van der Waals surface area contributed by atoms with Crippen LogP contribution in [0.2, 0.25) is 0 Å². The predicted octanol–water partition coefficient (Wildman–Crippen LogP) is 3.35. The number of benzene rings is 1. The molecular formula is C10H11BrO2S. The fraction of sp³-hybridized carbons (Fsp3) is 0.300. The van der Waals surface area contributed by atoms with Crippen molar-refractivity contribution in [2.24, 2.45) is 0 Å². The lowest BCUT2D eigenvalue weighted by atomic mass is 10.2. The van der Waals surface area contributed by atoms with E-state index in [9.17, 15) is 4.79 Å². The molecule has 0 spiro atoms. The van der Waals surface area contributed by atoms with Crippen molar-refractivity contribution < 1.29 is 9.53 Å². The van der Waals surface area contributed by atoms with Gasteiger partial charge in [0, 0.05) is 9.37 Å². The summed E-state index contributed by atoms with van der Waals surface area (Å²) >= 11 is 4.98. The molecule has 0 aliphatic carbocycles. The number of halogens is 1. The van der Waals surface area contributed by atoms with Crippen LogP contribution in [-0.2, 0) is 4.74 Å². The van der Waals surface area contributed by atoms with Crippen molar-refractivity contribution in [3.05, 3.63) is 28.2 Å². The van der Waals surface area contributed by atoms with Gasteiger partial charge in [-0.15, -0.1) is 11.8 Å². The summed E-state index contributed by atoms with van der Waals surface area (Å²) in [6.07, 6.45) is 1.99. The van der Waals surface area contributed by atoms with E-state index in [0.29, 0.717) is 12.2 Å². The van der Waals surface area contributed by atoms with Crippen LogP contribution in [0.3, 0.4) is 0 Å². The molecule has 76 valence electrons. The summed E-state index contributed by atoms with van der Waals surface area (Å²) in [5, 5.41) is 0. The molecule has 4 heteroatoms. The fourth-order valence-electron chi connectivity index (χ4n) is 0.997. The molecule has 0 N–H and O–H groups in total. The lowest BCUT2D eigenvalue weighted by Crippen LogP contribution is -2.05. The minimum absolute atomic E-state index is 0.285. The highest BCUT2D eigenvalue weighted by molar-refractivity contribution is 9.10. The van der Waals surface area contributed by atoms with Gasteiger partial charge in [0.25, 0.3) is 0 Å². The Bertz CT molecular complexity index is 339.